The molecule has 1 aromatic rings. The zero-order valence-corrected chi connectivity index (χ0v) is 12.4. The molecular weight excluding hydrogens is 326 g/mol. The molecule has 1 aromatic heterocycles. The maximum Gasteiger partial charge on any atom is 0.0843 e. The van der Waals surface area contributed by atoms with Crippen LogP contribution in [-0.4, -0.2) is 6.54 Å². The van der Waals surface area contributed by atoms with Crippen LogP contribution < -0.4 is 5.32 Å². The molecule has 1 N–H and O–H groups in total. The zero-order chi connectivity index (χ0) is 10.6. The zero-order valence-electron chi connectivity index (χ0n) is 8.44. The molecule has 0 aliphatic rings. The van der Waals surface area contributed by atoms with Crippen molar-refractivity contribution in [3.05, 3.63) is 19.2 Å². The van der Waals surface area contributed by atoms with Crippen LogP contribution in [0.15, 0.2) is 14.3 Å². The van der Waals surface area contributed by atoms with Crippen LogP contribution in [0.3, 0.4) is 0 Å². The minimum absolute atomic E-state index is 0.782. The van der Waals surface area contributed by atoms with E-state index in [4.69, 9.17) is 0 Å². The lowest BCUT2D eigenvalue weighted by Gasteiger charge is -2.04. The Labute approximate surface area is 107 Å². The molecule has 0 saturated heterocycles. The van der Waals surface area contributed by atoms with Gasteiger partial charge in [0.2, 0.25) is 0 Å². The fourth-order valence-electron chi connectivity index (χ4n) is 1.08. The van der Waals surface area contributed by atoms with Gasteiger partial charge in [-0.15, -0.1) is 11.3 Å². The fourth-order valence-corrected chi connectivity index (χ4v) is 3.23. The van der Waals surface area contributed by atoms with Crippen molar-refractivity contribution in [3.63, 3.8) is 0 Å². The van der Waals surface area contributed by atoms with Gasteiger partial charge < -0.3 is 5.32 Å². The molecular formula is C10H15Br2NS. The molecule has 0 aliphatic carbocycles. The van der Waals surface area contributed by atoms with E-state index in [9.17, 15) is 0 Å². The van der Waals surface area contributed by atoms with Gasteiger partial charge in [-0.05, 0) is 56.8 Å². The molecule has 0 aliphatic heterocycles. The summed E-state index contributed by atoms with van der Waals surface area (Å²) in [5.74, 6) is 0.782. The quantitative estimate of drug-likeness (QED) is 0.783. The normalized spacial score (nSPS) is 11.2. The number of thiophene rings is 1. The third kappa shape index (κ3) is 4.43. The van der Waals surface area contributed by atoms with Gasteiger partial charge in [-0.1, -0.05) is 13.8 Å². The molecule has 0 atom stereocenters. The maximum absolute atomic E-state index is 3.49. The molecule has 80 valence electrons. The average Bonchev–Trinajstić information content (AvgIpc) is 2.40. The summed E-state index contributed by atoms with van der Waals surface area (Å²) in [4.78, 5) is 1.37. The molecule has 0 bridgehead atoms. The molecule has 0 saturated carbocycles. The molecule has 4 heteroatoms. The van der Waals surface area contributed by atoms with E-state index in [2.05, 4.69) is 57.1 Å². The Balaban J connectivity index is 2.25. The lowest BCUT2D eigenvalue weighted by molar-refractivity contribution is 0.539. The summed E-state index contributed by atoms with van der Waals surface area (Å²) in [5.41, 5.74) is 0. The first-order chi connectivity index (χ1) is 6.59. The van der Waals surface area contributed by atoms with Crippen LogP contribution in [0.25, 0.3) is 0 Å². The van der Waals surface area contributed by atoms with Gasteiger partial charge in [0.1, 0.15) is 0 Å². The second-order valence-corrected chi connectivity index (χ2v) is 7.00. The van der Waals surface area contributed by atoms with Gasteiger partial charge in [0.15, 0.2) is 0 Å². The Hall–Kier alpha value is 0.620. The van der Waals surface area contributed by atoms with Gasteiger partial charge in [-0.25, -0.2) is 0 Å². The van der Waals surface area contributed by atoms with Gasteiger partial charge in [0.25, 0.3) is 0 Å². The van der Waals surface area contributed by atoms with Gasteiger partial charge in [-0.2, -0.15) is 0 Å². The van der Waals surface area contributed by atoms with E-state index >= 15 is 0 Å². The Bertz CT molecular complexity index is 264. The number of halogens is 2. The molecule has 0 radical (unpaired) electrons. The van der Waals surface area contributed by atoms with E-state index in [1.807, 2.05) is 0 Å². The summed E-state index contributed by atoms with van der Waals surface area (Å²) < 4.78 is 2.33. The summed E-state index contributed by atoms with van der Waals surface area (Å²) in [6, 6.07) is 2.16. The van der Waals surface area contributed by atoms with Crippen molar-refractivity contribution in [3.8, 4) is 0 Å². The monoisotopic (exact) mass is 339 g/mol. The van der Waals surface area contributed by atoms with Crippen molar-refractivity contribution in [2.75, 3.05) is 6.54 Å². The van der Waals surface area contributed by atoms with Crippen LogP contribution in [0.1, 0.15) is 25.1 Å². The number of hydrogen-bond acceptors (Lipinski definition) is 2. The van der Waals surface area contributed by atoms with Crippen molar-refractivity contribution in [1.29, 1.82) is 0 Å². The van der Waals surface area contributed by atoms with Crippen molar-refractivity contribution >= 4 is 43.2 Å². The highest BCUT2D eigenvalue weighted by atomic mass is 79.9. The summed E-state index contributed by atoms with van der Waals surface area (Å²) in [6.07, 6.45) is 1.24. The largest absolute Gasteiger partial charge is 0.312 e. The number of rotatable bonds is 5. The van der Waals surface area contributed by atoms with Crippen molar-refractivity contribution in [1.82, 2.24) is 5.32 Å². The van der Waals surface area contributed by atoms with Crippen molar-refractivity contribution in [2.24, 2.45) is 5.92 Å². The smallest absolute Gasteiger partial charge is 0.0843 e. The molecule has 0 unspecified atom stereocenters. The van der Waals surface area contributed by atoms with E-state index in [1.165, 1.54) is 15.1 Å². The molecule has 0 spiro atoms. The molecule has 1 rings (SSSR count). The second kappa shape index (κ2) is 6.26. The Morgan fingerprint density at radius 1 is 1.43 bits per heavy atom. The SMILES string of the molecule is CC(C)CCNCc1cc(Br)c(Br)s1. The highest BCUT2D eigenvalue weighted by molar-refractivity contribution is 9.13. The molecule has 1 heterocycles. The minimum atomic E-state index is 0.782. The first-order valence-corrected chi connectivity index (χ1v) is 7.14. The summed E-state index contributed by atoms with van der Waals surface area (Å²) in [6.45, 7) is 6.58. The minimum Gasteiger partial charge on any atom is -0.312 e. The highest BCUT2D eigenvalue weighted by Gasteiger charge is 2.03. The predicted molar refractivity (Wildman–Crippen MR) is 70.9 cm³/mol. The lowest BCUT2D eigenvalue weighted by Crippen LogP contribution is -2.15. The van der Waals surface area contributed by atoms with Crippen LogP contribution in [-0.2, 0) is 6.54 Å². The maximum atomic E-state index is 3.49. The van der Waals surface area contributed by atoms with E-state index in [-0.39, 0.29) is 0 Å². The number of nitrogens with one attached hydrogen (secondary N) is 1. The van der Waals surface area contributed by atoms with Crippen LogP contribution in [0.4, 0.5) is 0 Å². The predicted octanol–water partition coefficient (Wildman–Crippen LogP) is 4.41. The van der Waals surface area contributed by atoms with Crippen LogP contribution in [0.2, 0.25) is 0 Å². The van der Waals surface area contributed by atoms with Crippen LogP contribution in [0.5, 0.6) is 0 Å². The average molecular weight is 341 g/mol. The molecule has 0 fully saturated rings. The topological polar surface area (TPSA) is 12.0 Å². The van der Waals surface area contributed by atoms with Gasteiger partial charge >= 0.3 is 0 Å². The van der Waals surface area contributed by atoms with Gasteiger partial charge in [0.05, 0.1) is 3.79 Å². The standard InChI is InChI=1S/C10H15Br2NS/c1-7(2)3-4-13-6-8-5-9(11)10(12)14-8/h5,7,13H,3-4,6H2,1-2H3. The van der Waals surface area contributed by atoms with Crippen molar-refractivity contribution in [2.45, 2.75) is 26.8 Å². The van der Waals surface area contributed by atoms with Crippen LogP contribution in [0, 0.1) is 5.92 Å². The molecule has 0 amide bonds. The van der Waals surface area contributed by atoms with E-state index in [0.29, 0.717) is 0 Å². The fraction of sp³-hybridized carbons (Fsp3) is 0.600. The van der Waals surface area contributed by atoms with Gasteiger partial charge in [-0.3, -0.25) is 0 Å². The first-order valence-electron chi connectivity index (χ1n) is 4.74. The Morgan fingerprint density at radius 2 is 2.14 bits per heavy atom. The van der Waals surface area contributed by atoms with Crippen molar-refractivity contribution < 1.29 is 0 Å². The molecule has 0 aromatic carbocycles. The summed E-state index contributed by atoms with van der Waals surface area (Å²) >= 11 is 8.76. The lowest BCUT2D eigenvalue weighted by atomic mass is 10.1. The summed E-state index contributed by atoms with van der Waals surface area (Å²) in [7, 11) is 0. The van der Waals surface area contributed by atoms with Crippen LogP contribution >= 0.6 is 43.2 Å². The third-order valence-corrected chi connectivity index (χ3v) is 5.15. The van der Waals surface area contributed by atoms with E-state index in [1.54, 1.807) is 11.3 Å². The second-order valence-electron chi connectivity index (χ2n) is 3.69. The third-order valence-electron chi connectivity index (χ3n) is 1.89. The Kier molecular flexibility index (Phi) is 5.67. The van der Waals surface area contributed by atoms with Gasteiger partial charge in [0, 0.05) is 15.9 Å². The summed E-state index contributed by atoms with van der Waals surface area (Å²) in [5, 5.41) is 3.44. The van der Waals surface area contributed by atoms with E-state index < -0.39 is 0 Å². The molecule has 14 heavy (non-hydrogen) atoms. The van der Waals surface area contributed by atoms with E-state index in [0.717, 1.165) is 23.5 Å². The first kappa shape index (κ1) is 12.7. The highest BCUT2D eigenvalue weighted by Crippen LogP contribution is 2.32. The molecule has 1 nitrogen and oxygen atoms in total. The number of hydrogen-bond donors (Lipinski definition) is 1. The Morgan fingerprint density at radius 3 is 2.64 bits per heavy atom.